The van der Waals surface area contributed by atoms with Crippen molar-refractivity contribution in [1.82, 2.24) is 9.88 Å². The molecule has 0 fully saturated rings. The number of aromatic nitrogens is 1. The number of aliphatic hydroxyl groups is 1. The molecule has 1 aromatic heterocycles. The van der Waals surface area contributed by atoms with E-state index >= 15 is 0 Å². The van der Waals surface area contributed by atoms with Crippen LogP contribution in [0.5, 0.6) is 0 Å². The second kappa shape index (κ2) is 10.8. The van der Waals surface area contributed by atoms with Gasteiger partial charge in [0.25, 0.3) is 0 Å². The van der Waals surface area contributed by atoms with Crippen LogP contribution in [0.2, 0.25) is 0 Å². The number of rotatable bonds is 7. The fraction of sp³-hybridized carbons (Fsp3) is 0.571. The molecule has 6 heteroatoms. The van der Waals surface area contributed by atoms with E-state index in [-0.39, 0.29) is 36.5 Å². The van der Waals surface area contributed by atoms with E-state index in [0.29, 0.717) is 18.9 Å². The fourth-order valence-corrected chi connectivity index (χ4v) is 1.87. The van der Waals surface area contributed by atoms with Gasteiger partial charge in [0.2, 0.25) is 0 Å². The zero-order valence-electron chi connectivity index (χ0n) is 12.2. The molecular formula is C14H25IN4O. The predicted molar refractivity (Wildman–Crippen MR) is 93.3 cm³/mol. The first-order chi connectivity index (χ1) is 9.21. The first-order valence-corrected chi connectivity index (χ1v) is 6.76. The zero-order valence-corrected chi connectivity index (χ0v) is 14.5. The van der Waals surface area contributed by atoms with Gasteiger partial charge in [-0.1, -0.05) is 6.07 Å². The Morgan fingerprint density at radius 2 is 2.10 bits per heavy atom. The molecule has 114 valence electrons. The van der Waals surface area contributed by atoms with Crippen molar-refractivity contribution >= 4 is 29.9 Å². The highest BCUT2D eigenvalue weighted by Crippen LogP contribution is 2.06. The highest BCUT2D eigenvalue weighted by Gasteiger charge is 2.10. The second-order valence-electron chi connectivity index (χ2n) is 4.44. The van der Waals surface area contributed by atoms with E-state index in [4.69, 9.17) is 5.73 Å². The summed E-state index contributed by atoms with van der Waals surface area (Å²) in [5.74, 6) is 0.605. The normalized spacial score (nSPS) is 12.7. The van der Waals surface area contributed by atoms with Crippen LogP contribution in [-0.4, -0.2) is 47.2 Å². The van der Waals surface area contributed by atoms with E-state index in [1.807, 2.05) is 36.9 Å². The van der Waals surface area contributed by atoms with Gasteiger partial charge in [-0.25, -0.2) is 0 Å². The molecule has 0 saturated heterocycles. The van der Waals surface area contributed by atoms with Crippen LogP contribution in [0.15, 0.2) is 29.4 Å². The molecule has 0 aliphatic carbocycles. The van der Waals surface area contributed by atoms with E-state index < -0.39 is 0 Å². The third-order valence-corrected chi connectivity index (χ3v) is 3.08. The summed E-state index contributed by atoms with van der Waals surface area (Å²) in [6.45, 7) is 6.39. The lowest BCUT2D eigenvalue weighted by molar-refractivity contribution is 0.229. The summed E-state index contributed by atoms with van der Waals surface area (Å²) in [6, 6.07) is 5.79. The number of hydrogen-bond acceptors (Lipinski definition) is 3. The Morgan fingerprint density at radius 3 is 2.60 bits per heavy atom. The van der Waals surface area contributed by atoms with Crippen molar-refractivity contribution in [1.29, 1.82) is 0 Å². The largest absolute Gasteiger partial charge is 0.396 e. The Labute approximate surface area is 138 Å². The van der Waals surface area contributed by atoms with Crippen molar-refractivity contribution in [2.45, 2.75) is 20.3 Å². The standard InChI is InChI=1S/C14H24N4O.HI/c1-3-18(4-2)14(15)17-10-12(11-19)9-13-7-5-6-8-16-13;/h5-8,12,19H,3-4,9-11H2,1-2H3,(H2,15,17);1H. The second-order valence-corrected chi connectivity index (χ2v) is 4.44. The minimum atomic E-state index is 0. The van der Waals surface area contributed by atoms with Gasteiger partial charge in [0.05, 0.1) is 0 Å². The fourth-order valence-electron chi connectivity index (χ4n) is 1.87. The molecule has 0 radical (unpaired) electrons. The molecule has 0 aromatic carbocycles. The minimum Gasteiger partial charge on any atom is -0.396 e. The van der Waals surface area contributed by atoms with Gasteiger partial charge >= 0.3 is 0 Å². The lowest BCUT2D eigenvalue weighted by atomic mass is 10.0. The molecule has 0 saturated carbocycles. The molecule has 0 amide bonds. The van der Waals surface area contributed by atoms with Gasteiger partial charge in [-0.05, 0) is 32.4 Å². The van der Waals surface area contributed by atoms with Crippen LogP contribution < -0.4 is 5.73 Å². The summed E-state index contributed by atoms with van der Waals surface area (Å²) in [7, 11) is 0. The number of pyridine rings is 1. The summed E-state index contributed by atoms with van der Waals surface area (Å²) in [5, 5.41) is 9.40. The molecule has 0 aliphatic rings. The molecule has 1 aromatic rings. The van der Waals surface area contributed by atoms with E-state index in [9.17, 15) is 5.11 Å². The molecule has 1 rings (SSSR count). The molecule has 5 nitrogen and oxygen atoms in total. The average Bonchev–Trinajstić information content (AvgIpc) is 2.45. The number of aliphatic hydroxyl groups excluding tert-OH is 1. The van der Waals surface area contributed by atoms with Gasteiger partial charge in [-0.3, -0.25) is 9.98 Å². The summed E-state index contributed by atoms with van der Waals surface area (Å²) in [4.78, 5) is 10.6. The number of nitrogens with zero attached hydrogens (tertiary/aromatic N) is 3. The van der Waals surface area contributed by atoms with Crippen LogP contribution in [0.25, 0.3) is 0 Å². The van der Waals surface area contributed by atoms with Gasteiger partial charge in [-0.2, -0.15) is 0 Å². The van der Waals surface area contributed by atoms with Crippen molar-refractivity contribution in [3.05, 3.63) is 30.1 Å². The Balaban J connectivity index is 0.00000361. The lowest BCUT2D eigenvalue weighted by Gasteiger charge is -2.20. The molecule has 0 spiro atoms. The van der Waals surface area contributed by atoms with E-state index in [1.165, 1.54) is 0 Å². The molecule has 1 unspecified atom stereocenters. The number of aliphatic imine (C=N–C) groups is 1. The van der Waals surface area contributed by atoms with Gasteiger partial charge < -0.3 is 15.7 Å². The molecule has 0 bridgehead atoms. The third kappa shape index (κ3) is 6.51. The molecule has 1 heterocycles. The topological polar surface area (TPSA) is 74.7 Å². The number of nitrogens with two attached hydrogens (primary N) is 1. The van der Waals surface area contributed by atoms with Crippen LogP contribution in [-0.2, 0) is 6.42 Å². The molecular weight excluding hydrogens is 367 g/mol. The van der Waals surface area contributed by atoms with E-state index in [1.54, 1.807) is 6.20 Å². The van der Waals surface area contributed by atoms with Crippen molar-refractivity contribution in [2.75, 3.05) is 26.2 Å². The van der Waals surface area contributed by atoms with Gasteiger partial charge in [0, 0.05) is 44.0 Å². The third-order valence-electron chi connectivity index (χ3n) is 3.08. The summed E-state index contributed by atoms with van der Waals surface area (Å²) in [6.07, 6.45) is 2.48. The number of halogens is 1. The van der Waals surface area contributed by atoms with E-state index in [2.05, 4.69) is 9.98 Å². The van der Waals surface area contributed by atoms with Crippen molar-refractivity contribution in [3.8, 4) is 0 Å². The Hall–Kier alpha value is -0.890. The van der Waals surface area contributed by atoms with Crippen molar-refractivity contribution in [2.24, 2.45) is 16.6 Å². The molecule has 3 N–H and O–H groups in total. The van der Waals surface area contributed by atoms with Crippen LogP contribution in [0.3, 0.4) is 0 Å². The highest BCUT2D eigenvalue weighted by atomic mass is 127. The Bertz CT molecular complexity index is 382. The smallest absolute Gasteiger partial charge is 0.191 e. The summed E-state index contributed by atoms with van der Waals surface area (Å²) >= 11 is 0. The first-order valence-electron chi connectivity index (χ1n) is 6.76. The van der Waals surface area contributed by atoms with Gasteiger partial charge in [-0.15, -0.1) is 24.0 Å². The Kier molecular flexibility index (Phi) is 10.4. The number of guanidine groups is 1. The monoisotopic (exact) mass is 392 g/mol. The predicted octanol–water partition coefficient (Wildman–Crippen LogP) is 1.51. The number of hydrogen-bond donors (Lipinski definition) is 2. The van der Waals surface area contributed by atoms with Crippen molar-refractivity contribution < 1.29 is 5.11 Å². The first kappa shape index (κ1) is 19.1. The maximum atomic E-state index is 9.40. The van der Waals surface area contributed by atoms with Crippen molar-refractivity contribution in [3.63, 3.8) is 0 Å². The average molecular weight is 392 g/mol. The van der Waals surface area contributed by atoms with E-state index in [0.717, 1.165) is 18.8 Å². The minimum absolute atomic E-state index is 0. The highest BCUT2D eigenvalue weighted by molar-refractivity contribution is 14.0. The summed E-state index contributed by atoms with van der Waals surface area (Å²) < 4.78 is 0. The van der Waals surface area contributed by atoms with Crippen LogP contribution in [0.4, 0.5) is 0 Å². The van der Waals surface area contributed by atoms with Gasteiger partial charge in [0.1, 0.15) is 0 Å². The van der Waals surface area contributed by atoms with Crippen LogP contribution in [0, 0.1) is 5.92 Å². The Morgan fingerprint density at radius 1 is 1.40 bits per heavy atom. The SMILES string of the molecule is CCN(CC)C(N)=NCC(CO)Cc1ccccn1.I. The lowest BCUT2D eigenvalue weighted by Crippen LogP contribution is -2.37. The molecule has 0 aliphatic heterocycles. The maximum Gasteiger partial charge on any atom is 0.191 e. The zero-order chi connectivity index (χ0) is 14.1. The van der Waals surface area contributed by atoms with Crippen LogP contribution >= 0.6 is 24.0 Å². The molecule has 20 heavy (non-hydrogen) atoms. The van der Waals surface area contributed by atoms with Gasteiger partial charge in [0.15, 0.2) is 5.96 Å². The quantitative estimate of drug-likeness (QED) is 0.419. The maximum absolute atomic E-state index is 9.40. The van der Waals surface area contributed by atoms with Crippen LogP contribution in [0.1, 0.15) is 19.5 Å². The summed E-state index contributed by atoms with van der Waals surface area (Å²) in [5.41, 5.74) is 6.88. The molecule has 1 atom stereocenters.